The van der Waals surface area contributed by atoms with Crippen LogP contribution in [0.15, 0.2) is 0 Å². The van der Waals surface area contributed by atoms with Gasteiger partial charge in [0.2, 0.25) is 10.0 Å². The number of nitrogens with zero attached hydrogens (tertiary/aromatic N) is 1. The number of rotatable bonds is 4. The maximum absolute atomic E-state index is 12.3. The lowest BCUT2D eigenvalue weighted by molar-refractivity contribution is 0.334. The van der Waals surface area contributed by atoms with E-state index >= 15 is 0 Å². The Labute approximate surface area is 111 Å². The van der Waals surface area contributed by atoms with Gasteiger partial charge in [-0.3, -0.25) is 0 Å². The molecule has 0 aromatic heterocycles. The van der Waals surface area contributed by atoms with Crippen molar-refractivity contribution in [3.8, 4) is 0 Å². The summed E-state index contributed by atoms with van der Waals surface area (Å²) >= 11 is 0. The Kier molecular flexibility index (Phi) is 5.70. The van der Waals surface area contributed by atoms with Crippen molar-refractivity contribution in [3.05, 3.63) is 0 Å². The van der Waals surface area contributed by atoms with Crippen LogP contribution in [-0.4, -0.2) is 43.6 Å². The minimum absolute atomic E-state index is 0. The number of unbranched alkanes of at least 4 members (excludes halogenated alkanes) is 1. The molecule has 4 nitrogen and oxygen atoms in total. The monoisotopic (exact) mass is 282 g/mol. The number of sulfonamides is 1. The first kappa shape index (κ1) is 15.2. The first-order chi connectivity index (χ1) is 7.65. The van der Waals surface area contributed by atoms with Gasteiger partial charge in [-0.1, -0.05) is 13.3 Å². The summed E-state index contributed by atoms with van der Waals surface area (Å²) in [4.78, 5) is 0. The second kappa shape index (κ2) is 6.36. The van der Waals surface area contributed by atoms with Gasteiger partial charge in [0.15, 0.2) is 0 Å². The van der Waals surface area contributed by atoms with Crippen molar-refractivity contribution in [1.82, 2.24) is 9.62 Å². The molecule has 6 heteroatoms. The molecule has 2 fully saturated rings. The molecule has 2 heterocycles. The number of nitrogens with one attached hydrogen (secondary N) is 1. The third kappa shape index (κ3) is 3.34. The maximum Gasteiger partial charge on any atom is 0.214 e. The molecule has 2 atom stereocenters. The van der Waals surface area contributed by atoms with Crippen LogP contribution in [0.25, 0.3) is 0 Å². The van der Waals surface area contributed by atoms with Gasteiger partial charge in [-0.2, -0.15) is 4.31 Å². The zero-order valence-electron chi connectivity index (χ0n) is 10.4. The molecule has 0 aromatic rings. The first-order valence-corrected chi connectivity index (χ1v) is 7.98. The van der Waals surface area contributed by atoms with E-state index in [0.29, 0.717) is 5.75 Å². The van der Waals surface area contributed by atoms with Crippen LogP contribution in [0.5, 0.6) is 0 Å². The molecule has 0 radical (unpaired) electrons. The minimum Gasteiger partial charge on any atom is -0.315 e. The first-order valence-electron chi connectivity index (χ1n) is 6.37. The van der Waals surface area contributed by atoms with Crippen LogP contribution < -0.4 is 5.32 Å². The number of hydrogen-bond donors (Lipinski definition) is 1. The van der Waals surface area contributed by atoms with Crippen LogP contribution in [-0.2, 0) is 10.0 Å². The lowest BCUT2D eigenvalue weighted by Crippen LogP contribution is -2.43. The third-order valence-electron chi connectivity index (χ3n) is 3.66. The summed E-state index contributed by atoms with van der Waals surface area (Å²) in [7, 11) is -3.01. The summed E-state index contributed by atoms with van der Waals surface area (Å²) in [5.74, 6) is 0.330. The van der Waals surface area contributed by atoms with Crippen molar-refractivity contribution in [2.75, 3.05) is 18.8 Å². The molecule has 1 N–H and O–H groups in total. The van der Waals surface area contributed by atoms with Gasteiger partial charge in [-0.25, -0.2) is 8.42 Å². The second-order valence-electron chi connectivity index (χ2n) is 4.88. The molecular weight excluding hydrogens is 260 g/mol. The van der Waals surface area contributed by atoms with Gasteiger partial charge in [0, 0.05) is 18.6 Å². The van der Waals surface area contributed by atoms with E-state index in [4.69, 9.17) is 0 Å². The molecule has 0 amide bonds. The molecule has 2 saturated heterocycles. The number of halogens is 1. The largest absolute Gasteiger partial charge is 0.315 e. The molecule has 102 valence electrons. The topological polar surface area (TPSA) is 49.4 Å². The van der Waals surface area contributed by atoms with Crippen LogP contribution in [0.3, 0.4) is 0 Å². The average Bonchev–Trinajstić information content (AvgIpc) is 2.50. The SMILES string of the molecule is CCCCS(=O)(=O)N1C2CCNCC1CC2.Cl. The van der Waals surface area contributed by atoms with Gasteiger partial charge < -0.3 is 5.32 Å². The van der Waals surface area contributed by atoms with Crippen molar-refractivity contribution in [3.63, 3.8) is 0 Å². The van der Waals surface area contributed by atoms with E-state index in [1.807, 2.05) is 11.2 Å². The molecule has 2 bridgehead atoms. The van der Waals surface area contributed by atoms with E-state index in [9.17, 15) is 8.42 Å². The Morgan fingerprint density at radius 1 is 1.24 bits per heavy atom. The minimum atomic E-state index is -3.01. The fourth-order valence-corrected chi connectivity index (χ4v) is 4.99. The van der Waals surface area contributed by atoms with Crippen molar-refractivity contribution < 1.29 is 8.42 Å². The van der Waals surface area contributed by atoms with E-state index in [-0.39, 0.29) is 24.5 Å². The predicted octanol–water partition coefficient (Wildman–Crippen LogP) is 1.36. The molecule has 2 rings (SSSR count). The van der Waals surface area contributed by atoms with Crippen LogP contribution in [0.2, 0.25) is 0 Å². The lowest BCUT2D eigenvalue weighted by Gasteiger charge is -2.26. The van der Waals surface area contributed by atoms with Crippen molar-refractivity contribution >= 4 is 22.4 Å². The van der Waals surface area contributed by atoms with Crippen molar-refractivity contribution in [2.45, 2.75) is 51.1 Å². The highest BCUT2D eigenvalue weighted by atomic mass is 35.5. The van der Waals surface area contributed by atoms with Gasteiger partial charge in [-0.05, 0) is 32.2 Å². The van der Waals surface area contributed by atoms with Crippen LogP contribution in [0.4, 0.5) is 0 Å². The number of hydrogen-bond acceptors (Lipinski definition) is 3. The van der Waals surface area contributed by atoms with E-state index in [1.54, 1.807) is 0 Å². The third-order valence-corrected chi connectivity index (χ3v) is 5.71. The second-order valence-corrected chi connectivity index (χ2v) is 6.87. The summed E-state index contributed by atoms with van der Waals surface area (Å²) in [5, 5.41) is 3.33. The van der Waals surface area contributed by atoms with E-state index in [2.05, 4.69) is 5.32 Å². The van der Waals surface area contributed by atoms with E-state index < -0.39 is 10.0 Å². The van der Waals surface area contributed by atoms with Crippen LogP contribution >= 0.6 is 12.4 Å². The molecule has 2 aliphatic heterocycles. The van der Waals surface area contributed by atoms with Crippen molar-refractivity contribution in [1.29, 1.82) is 0 Å². The Morgan fingerprint density at radius 2 is 1.94 bits per heavy atom. The Bertz CT molecular complexity index is 320. The van der Waals surface area contributed by atoms with E-state index in [1.165, 1.54) is 0 Å². The van der Waals surface area contributed by atoms with Gasteiger partial charge in [0.25, 0.3) is 0 Å². The lowest BCUT2D eigenvalue weighted by atomic mass is 10.1. The summed E-state index contributed by atoms with van der Waals surface area (Å²) in [6.07, 6.45) is 4.79. The fraction of sp³-hybridized carbons (Fsp3) is 1.00. The quantitative estimate of drug-likeness (QED) is 0.847. The van der Waals surface area contributed by atoms with Gasteiger partial charge >= 0.3 is 0 Å². The molecule has 2 aliphatic rings. The highest BCUT2D eigenvalue weighted by molar-refractivity contribution is 7.89. The Balaban J connectivity index is 0.00000144. The predicted molar refractivity (Wildman–Crippen MR) is 72.1 cm³/mol. The smallest absolute Gasteiger partial charge is 0.214 e. The van der Waals surface area contributed by atoms with Crippen LogP contribution in [0.1, 0.15) is 39.0 Å². The highest BCUT2D eigenvalue weighted by Gasteiger charge is 2.41. The molecule has 2 unspecified atom stereocenters. The van der Waals surface area contributed by atoms with Gasteiger partial charge in [0.1, 0.15) is 0 Å². The normalized spacial score (nSPS) is 29.7. The summed E-state index contributed by atoms with van der Waals surface area (Å²) < 4.78 is 26.3. The highest BCUT2D eigenvalue weighted by Crippen LogP contribution is 2.31. The molecule has 0 saturated carbocycles. The maximum atomic E-state index is 12.3. The zero-order valence-corrected chi connectivity index (χ0v) is 12.0. The molecule has 0 spiro atoms. The number of fused-ring (bicyclic) bond motifs is 2. The summed E-state index contributed by atoms with van der Waals surface area (Å²) in [6, 6.07) is 0.483. The zero-order chi connectivity index (χ0) is 11.6. The van der Waals surface area contributed by atoms with E-state index in [0.717, 1.165) is 45.2 Å². The Hall–Kier alpha value is 0.160. The molecule has 17 heavy (non-hydrogen) atoms. The Morgan fingerprint density at radius 3 is 2.65 bits per heavy atom. The van der Waals surface area contributed by atoms with Gasteiger partial charge in [0.05, 0.1) is 5.75 Å². The summed E-state index contributed by atoms with van der Waals surface area (Å²) in [6.45, 7) is 3.83. The molecular formula is C11H23ClN2O2S. The molecule has 0 aliphatic carbocycles. The van der Waals surface area contributed by atoms with Crippen LogP contribution in [0, 0.1) is 0 Å². The standard InChI is InChI=1S/C11H22N2O2S.ClH/c1-2-3-8-16(14,15)13-10-4-5-11(13)9-12-7-6-10;/h10-12H,2-9H2,1H3;1H. The fourth-order valence-electron chi connectivity index (χ4n) is 2.82. The average molecular weight is 283 g/mol. The van der Waals surface area contributed by atoms with Crippen molar-refractivity contribution in [2.24, 2.45) is 0 Å². The van der Waals surface area contributed by atoms with Gasteiger partial charge in [-0.15, -0.1) is 12.4 Å². The molecule has 0 aromatic carbocycles. The summed E-state index contributed by atoms with van der Waals surface area (Å²) in [5.41, 5.74) is 0.